The number of pyridine rings is 1. The number of amides is 1. The Hall–Kier alpha value is -3.10. The minimum absolute atomic E-state index is 0.0457. The summed E-state index contributed by atoms with van der Waals surface area (Å²) in [7, 11) is 0. The maximum Gasteiger partial charge on any atom is 0.419 e. The molecule has 1 aliphatic heterocycles. The zero-order valence-electron chi connectivity index (χ0n) is 19.5. The number of para-hydroxylation sites is 1. The van der Waals surface area contributed by atoms with E-state index in [4.69, 9.17) is 16.3 Å². The van der Waals surface area contributed by atoms with Crippen molar-refractivity contribution in [2.24, 2.45) is 5.92 Å². The van der Waals surface area contributed by atoms with Gasteiger partial charge in [-0.3, -0.25) is 14.7 Å². The van der Waals surface area contributed by atoms with Gasteiger partial charge in [-0.2, -0.15) is 13.2 Å². The molecule has 1 unspecified atom stereocenters. The maximum atomic E-state index is 13.1. The van der Waals surface area contributed by atoms with Crippen LogP contribution in [0.5, 0.6) is 5.75 Å². The van der Waals surface area contributed by atoms with E-state index in [1.165, 1.54) is 18.2 Å². The van der Waals surface area contributed by atoms with Crippen molar-refractivity contribution < 1.29 is 22.7 Å². The van der Waals surface area contributed by atoms with E-state index in [1.54, 1.807) is 18.3 Å². The molecule has 9 heteroatoms. The highest BCUT2D eigenvalue weighted by molar-refractivity contribution is 6.30. The molecule has 1 saturated heterocycles. The molecule has 0 aliphatic carbocycles. The number of ether oxygens (including phenoxy) is 1. The molecule has 0 saturated carbocycles. The summed E-state index contributed by atoms with van der Waals surface area (Å²) >= 11 is 6.04. The number of hydrogen-bond donors (Lipinski definition) is 1. The zero-order valence-corrected chi connectivity index (χ0v) is 20.3. The predicted octanol–water partition coefficient (Wildman–Crippen LogP) is 5.75. The zero-order chi connectivity index (χ0) is 25.5. The van der Waals surface area contributed by atoms with Crippen LogP contribution in [0.1, 0.15) is 35.7 Å². The summed E-state index contributed by atoms with van der Waals surface area (Å²) in [5.41, 5.74) is 0.852. The number of piperidine rings is 1. The minimum Gasteiger partial charge on any atom is -0.492 e. The fraction of sp³-hybridized carbons (Fsp3) is 0.333. The first-order valence-corrected chi connectivity index (χ1v) is 12.2. The summed E-state index contributed by atoms with van der Waals surface area (Å²) in [6, 6.07) is 17.7. The number of aromatic nitrogens is 1. The Morgan fingerprint density at radius 3 is 2.42 bits per heavy atom. The molecule has 2 heterocycles. The Balaban J connectivity index is 1.30. The van der Waals surface area contributed by atoms with Gasteiger partial charge in [0.05, 0.1) is 17.3 Å². The summed E-state index contributed by atoms with van der Waals surface area (Å²) in [4.78, 5) is 19.7. The normalized spacial score (nSPS) is 15.9. The summed E-state index contributed by atoms with van der Waals surface area (Å²) in [6.07, 6.45) is -1.46. The number of alkyl halides is 3. The van der Waals surface area contributed by atoms with Gasteiger partial charge < -0.3 is 10.1 Å². The van der Waals surface area contributed by atoms with Gasteiger partial charge in [-0.05, 0) is 67.9 Å². The molecule has 2 aromatic carbocycles. The monoisotopic (exact) mass is 517 g/mol. The third-order valence-corrected chi connectivity index (χ3v) is 6.54. The number of benzene rings is 2. The fourth-order valence-electron chi connectivity index (χ4n) is 4.32. The number of halogens is 4. The van der Waals surface area contributed by atoms with E-state index in [-0.39, 0.29) is 24.2 Å². The van der Waals surface area contributed by atoms with E-state index >= 15 is 0 Å². The van der Waals surface area contributed by atoms with Gasteiger partial charge in [0.15, 0.2) is 0 Å². The molecule has 0 bridgehead atoms. The Kier molecular flexibility index (Phi) is 8.48. The number of rotatable bonds is 8. The number of carbonyl (C=O) groups excluding carboxylic acids is 1. The molecule has 1 aromatic heterocycles. The minimum atomic E-state index is -4.46. The second-order valence-electron chi connectivity index (χ2n) is 8.71. The molecule has 1 fully saturated rings. The van der Waals surface area contributed by atoms with Crippen LogP contribution in [-0.4, -0.2) is 42.0 Å². The number of nitrogens with one attached hydrogen (secondary N) is 1. The molecule has 0 spiro atoms. The van der Waals surface area contributed by atoms with E-state index in [9.17, 15) is 18.0 Å². The third kappa shape index (κ3) is 6.77. The van der Waals surface area contributed by atoms with Crippen molar-refractivity contribution in [3.63, 3.8) is 0 Å². The van der Waals surface area contributed by atoms with Gasteiger partial charge in [-0.1, -0.05) is 41.9 Å². The highest BCUT2D eigenvalue weighted by Gasteiger charge is 2.34. The largest absolute Gasteiger partial charge is 0.492 e. The average molecular weight is 518 g/mol. The van der Waals surface area contributed by atoms with E-state index in [0.29, 0.717) is 37.5 Å². The van der Waals surface area contributed by atoms with Crippen molar-refractivity contribution in [3.8, 4) is 5.75 Å². The maximum absolute atomic E-state index is 13.1. The molecule has 5 nitrogen and oxygen atoms in total. The van der Waals surface area contributed by atoms with E-state index in [1.807, 2.05) is 30.3 Å². The predicted molar refractivity (Wildman–Crippen MR) is 132 cm³/mol. The first kappa shape index (κ1) is 26.0. The first-order chi connectivity index (χ1) is 17.3. The van der Waals surface area contributed by atoms with Gasteiger partial charge in [0.2, 0.25) is 5.91 Å². The number of likely N-dealkylation sites (tertiary alicyclic amines) is 1. The van der Waals surface area contributed by atoms with Crippen molar-refractivity contribution in [2.45, 2.75) is 25.1 Å². The lowest BCUT2D eigenvalue weighted by Crippen LogP contribution is -2.43. The van der Waals surface area contributed by atoms with Gasteiger partial charge in [0.25, 0.3) is 0 Å². The van der Waals surface area contributed by atoms with E-state index in [2.05, 4.69) is 15.2 Å². The lowest BCUT2D eigenvalue weighted by Gasteiger charge is -2.32. The standard InChI is InChI=1S/C27H27ClF3N3O2/c28-21-10-8-19(9-11-21)25(23-6-3-4-14-32-23)33-26(35)20-12-15-34(16-13-20)17-18-36-24-7-2-1-5-22(24)27(29,30)31/h1-11,14,20,25H,12-13,15-18H2,(H,33,35). The molecule has 36 heavy (non-hydrogen) atoms. The van der Waals surface area contributed by atoms with Crippen LogP contribution in [0.4, 0.5) is 13.2 Å². The topological polar surface area (TPSA) is 54.5 Å². The molecule has 3 aromatic rings. The van der Waals surface area contributed by atoms with Crippen molar-refractivity contribution in [2.75, 3.05) is 26.2 Å². The molecule has 0 radical (unpaired) electrons. The summed E-state index contributed by atoms with van der Waals surface area (Å²) in [5.74, 6) is -0.371. The molecule has 4 rings (SSSR count). The fourth-order valence-corrected chi connectivity index (χ4v) is 4.45. The lowest BCUT2D eigenvalue weighted by atomic mass is 9.94. The van der Waals surface area contributed by atoms with E-state index < -0.39 is 17.8 Å². The Morgan fingerprint density at radius 2 is 1.75 bits per heavy atom. The van der Waals surface area contributed by atoms with Gasteiger partial charge in [0, 0.05) is 23.7 Å². The van der Waals surface area contributed by atoms with Crippen LogP contribution in [0.25, 0.3) is 0 Å². The Morgan fingerprint density at radius 1 is 1.06 bits per heavy atom. The van der Waals surface area contributed by atoms with Gasteiger partial charge in [0.1, 0.15) is 12.4 Å². The molecule has 190 valence electrons. The number of carbonyl (C=O) groups is 1. The molecule has 1 atom stereocenters. The van der Waals surface area contributed by atoms with Crippen LogP contribution in [0.15, 0.2) is 72.9 Å². The number of hydrogen-bond acceptors (Lipinski definition) is 4. The number of nitrogens with zero attached hydrogens (tertiary/aromatic N) is 2. The average Bonchev–Trinajstić information content (AvgIpc) is 2.88. The van der Waals surface area contributed by atoms with Crippen LogP contribution in [-0.2, 0) is 11.0 Å². The SMILES string of the molecule is O=C(NC(c1ccc(Cl)cc1)c1ccccn1)C1CCN(CCOc2ccccc2C(F)(F)F)CC1. The molecule has 1 aliphatic rings. The quantitative estimate of drug-likeness (QED) is 0.413. The van der Waals surface area contributed by atoms with Crippen molar-refractivity contribution >= 4 is 17.5 Å². The van der Waals surface area contributed by atoms with Crippen LogP contribution >= 0.6 is 11.6 Å². The van der Waals surface area contributed by atoms with Gasteiger partial charge in [-0.25, -0.2) is 0 Å². The van der Waals surface area contributed by atoms with Crippen LogP contribution in [0.2, 0.25) is 5.02 Å². The Labute approximate surface area is 213 Å². The van der Waals surface area contributed by atoms with Crippen molar-refractivity contribution in [1.82, 2.24) is 15.2 Å². The second kappa shape index (κ2) is 11.8. The smallest absolute Gasteiger partial charge is 0.419 e. The Bertz CT molecular complexity index is 1140. The first-order valence-electron chi connectivity index (χ1n) is 11.8. The molecule has 1 N–H and O–H groups in total. The summed E-state index contributed by atoms with van der Waals surface area (Å²) in [6.45, 7) is 1.96. The van der Waals surface area contributed by atoms with Crippen LogP contribution in [0, 0.1) is 5.92 Å². The van der Waals surface area contributed by atoms with Gasteiger partial charge in [-0.15, -0.1) is 0 Å². The molecular formula is C27H27ClF3N3O2. The molecule has 1 amide bonds. The highest BCUT2D eigenvalue weighted by Crippen LogP contribution is 2.36. The van der Waals surface area contributed by atoms with Crippen LogP contribution < -0.4 is 10.1 Å². The van der Waals surface area contributed by atoms with Gasteiger partial charge >= 0.3 is 6.18 Å². The summed E-state index contributed by atoms with van der Waals surface area (Å²) in [5, 5.41) is 3.76. The van der Waals surface area contributed by atoms with E-state index in [0.717, 1.165) is 17.3 Å². The highest BCUT2D eigenvalue weighted by atomic mass is 35.5. The van der Waals surface area contributed by atoms with Crippen LogP contribution in [0.3, 0.4) is 0 Å². The van der Waals surface area contributed by atoms with Crippen molar-refractivity contribution in [3.05, 3.63) is 94.8 Å². The third-order valence-electron chi connectivity index (χ3n) is 6.29. The molecular weight excluding hydrogens is 491 g/mol. The second-order valence-corrected chi connectivity index (χ2v) is 9.14. The van der Waals surface area contributed by atoms with Crippen molar-refractivity contribution in [1.29, 1.82) is 0 Å². The summed E-state index contributed by atoms with van der Waals surface area (Å²) < 4.78 is 44.8. The lowest BCUT2D eigenvalue weighted by molar-refractivity contribution is -0.139.